The van der Waals surface area contributed by atoms with Crippen LogP contribution in [0.4, 0.5) is 11.4 Å². The molecule has 27 heavy (non-hydrogen) atoms. The van der Waals surface area contributed by atoms with Crippen LogP contribution in [0.2, 0.25) is 5.02 Å². The van der Waals surface area contributed by atoms with Crippen LogP contribution < -0.4 is 15.4 Å². The van der Waals surface area contributed by atoms with Gasteiger partial charge in [-0.2, -0.15) is 0 Å². The van der Waals surface area contributed by atoms with E-state index < -0.39 is 0 Å². The zero-order valence-corrected chi connectivity index (χ0v) is 15.2. The molecule has 138 valence electrons. The Bertz CT molecular complexity index is 951. The fourth-order valence-electron chi connectivity index (χ4n) is 2.32. The normalized spacial score (nSPS) is 10.3. The fraction of sp³-hybridized carbons (Fsp3) is 0.100. The van der Waals surface area contributed by atoms with E-state index >= 15 is 0 Å². The number of rotatable bonds is 6. The number of halogens is 1. The lowest BCUT2D eigenvalue weighted by Gasteiger charge is -2.06. The van der Waals surface area contributed by atoms with E-state index in [0.717, 1.165) is 0 Å². The molecule has 0 saturated heterocycles. The Morgan fingerprint density at radius 1 is 1.00 bits per heavy atom. The summed E-state index contributed by atoms with van der Waals surface area (Å²) >= 11 is 5.91. The fourth-order valence-corrected chi connectivity index (χ4v) is 2.50. The number of amides is 2. The van der Waals surface area contributed by atoms with E-state index in [1.807, 2.05) is 0 Å². The molecule has 2 amide bonds. The van der Waals surface area contributed by atoms with Gasteiger partial charge in [0.15, 0.2) is 5.76 Å². The molecule has 3 rings (SSSR count). The molecule has 0 unspecified atom stereocenters. The van der Waals surface area contributed by atoms with Crippen LogP contribution in [0.25, 0.3) is 0 Å². The summed E-state index contributed by atoms with van der Waals surface area (Å²) < 4.78 is 11.1. The molecular weight excluding hydrogens is 368 g/mol. The predicted molar refractivity (Wildman–Crippen MR) is 103 cm³/mol. The molecule has 0 aliphatic rings. The molecule has 0 aliphatic heterocycles. The van der Waals surface area contributed by atoms with Crippen molar-refractivity contribution in [3.63, 3.8) is 0 Å². The van der Waals surface area contributed by atoms with Crippen LogP contribution in [0.5, 0.6) is 5.75 Å². The van der Waals surface area contributed by atoms with Crippen molar-refractivity contribution in [1.29, 1.82) is 0 Å². The minimum Gasteiger partial charge on any atom is -0.486 e. The molecule has 0 bridgehead atoms. The van der Waals surface area contributed by atoms with Crippen molar-refractivity contribution >= 4 is 34.8 Å². The Balaban J connectivity index is 1.57. The number of furan rings is 1. The third kappa shape index (κ3) is 5.36. The van der Waals surface area contributed by atoms with Crippen molar-refractivity contribution in [3.8, 4) is 5.75 Å². The molecule has 0 radical (unpaired) electrons. The van der Waals surface area contributed by atoms with Crippen LogP contribution in [0.1, 0.15) is 23.2 Å². The minimum atomic E-state index is -0.378. The van der Waals surface area contributed by atoms with Gasteiger partial charge in [-0.15, -0.1) is 0 Å². The van der Waals surface area contributed by atoms with Crippen LogP contribution in [0.15, 0.2) is 65.1 Å². The van der Waals surface area contributed by atoms with Crippen LogP contribution in [-0.2, 0) is 11.4 Å². The van der Waals surface area contributed by atoms with Gasteiger partial charge in [-0.05, 0) is 54.6 Å². The minimum absolute atomic E-state index is 0.158. The molecule has 1 aromatic heterocycles. The van der Waals surface area contributed by atoms with Gasteiger partial charge in [0.05, 0.1) is 0 Å². The van der Waals surface area contributed by atoms with Crippen molar-refractivity contribution in [2.75, 3.05) is 10.6 Å². The summed E-state index contributed by atoms with van der Waals surface area (Å²) in [5.74, 6) is 0.766. The first kappa shape index (κ1) is 18.5. The van der Waals surface area contributed by atoms with E-state index in [4.69, 9.17) is 20.8 Å². The number of carbonyl (C=O) groups excluding carboxylic acids is 2. The summed E-state index contributed by atoms with van der Waals surface area (Å²) in [7, 11) is 0. The molecule has 0 atom stereocenters. The lowest BCUT2D eigenvalue weighted by molar-refractivity contribution is -0.114. The van der Waals surface area contributed by atoms with Gasteiger partial charge >= 0.3 is 0 Å². The summed E-state index contributed by atoms with van der Waals surface area (Å²) in [6.45, 7) is 1.61. The van der Waals surface area contributed by atoms with Crippen molar-refractivity contribution in [2.45, 2.75) is 13.5 Å². The highest BCUT2D eigenvalue weighted by Gasteiger charge is 2.12. The smallest absolute Gasteiger partial charge is 0.291 e. The molecule has 0 aliphatic carbocycles. The summed E-state index contributed by atoms with van der Waals surface area (Å²) in [6.07, 6.45) is 0. The van der Waals surface area contributed by atoms with Crippen LogP contribution >= 0.6 is 11.6 Å². The molecule has 3 aromatic rings. The molecule has 1 heterocycles. The Hall–Kier alpha value is -3.25. The van der Waals surface area contributed by atoms with Gasteiger partial charge in [0.1, 0.15) is 18.1 Å². The number of hydrogen-bond donors (Lipinski definition) is 2. The van der Waals surface area contributed by atoms with Crippen molar-refractivity contribution in [1.82, 2.24) is 0 Å². The number of ether oxygens (including phenoxy) is 1. The van der Waals surface area contributed by atoms with Crippen molar-refractivity contribution < 1.29 is 18.7 Å². The third-order valence-corrected chi connectivity index (χ3v) is 3.76. The van der Waals surface area contributed by atoms with Crippen LogP contribution in [0.3, 0.4) is 0 Å². The summed E-state index contributed by atoms with van der Waals surface area (Å²) in [5.41, 5.74) is 1.24. The molecule has 0 fully saturated rings. The van der Waals surface area contributed by atoms with E-state index in [0.29, 0.717) is 27.9 Å². The highest BCUT2D eigenvalue weighted by Crippen LogP contribution is 2.20. The Morgan fingerprint density at radius 3 is 2.37 bits per heavy atom. The zero-order valence-electron chi connectivity index (χ0n) is 14.5. The second-order valence-corrected chi connectivity index (χ2v) is 6.16. The van der Waals surface area contributed by atoms with Gasteiger partial charge in [0.2, 0.25) is 5.91 Å². The van der Waals surface area contributed by atoms with Gasteiger partial charge in [-0.1, -0.05) is 17.7 Å². The van der Waals surface area contributed by atoms with Gasteiger partial charge < -0.3 is 19.8 Å². The SMILES string of the molecule is CC(=O)Nc1ccc(NC(=O)c2ccc(COc3cccc(Cl)c3)o2)cc1. The number of carbonyl (C=O) groups is 2. The first-order valence-electron chi connectivity index (χ1n) is 8.16. The van der Waals surface area contributed by atoms with E-state index in [-0.39, 0.29) is 24.2 Å². The quantitative estimate of drug-likeness (QED) is 0.644. The molecule has 0 spiro atoms. The average molecular weight is 385 g/mol. The van der Waals surface area contributed by atoms with E-state index in [2.05, 4.69) is 10.6 Å². The molecule has 2 N–H and O–H groups in total. The molecule has 6 nitrogen and oxygen atoms in total. The Kier molecular flexibility index (Phi) is 5.78. The maximum atomic E-state index is 12.3. The highest BCUT2D eigenvalue weighted by atomic mass is 35.5. The largest absolute Gasteiger partial charge is 0.486 e. The van der Waals surface area contributed by atoms with Gasteiger partial charge in [-0.25, -0.2) is 0 Å². The predicted octanol–water partition coefficient (Wildman–Crippen LogP) is 4.72. The van der Waals surface area contributed by atoms with Crippen LogP contribution in [-0.4, -0.2) is 11.8 Å². The molecular formula is C20H17ClN2O4. The summed E-state index contributed by atoms with van der Waals surface area (Å²) in [4.78, 5) is 23.3. The maximum Gasteiger partial charge on any atom is 0.291 e. The van der Waals surface area contributed by atoms with Gasteiger partial charge in [0, 0.05) is 23.3 Å². The second-order valence-electron chi connectivity index (χ2n) is 5.72. The van der Waals surface area contributed by atoms with E-state index in [9.17, 15) is 9.59 Å². The monoisotopic (exact) mass is 384 g/mol. The number of hydrogen-bond acceptors (Lipinski definition) is 4. The lowest BCUT2D eigenvalue weighted by Crippen LogP contribution is -2.11. The molecule has 7 heteroatoms. The number of benzene rings is 2. The topological polar surface area (TPSA) is 80.6 Å². The number of nitrogens with one attached hydrogen (secondary N) is 2. The summed E-state index contributed by atoms with van der Waals surface area (Å²) in [5, 5.41) is 5.97. The van der Waals surface area contributed by atoms with Crippen LogP contribution in [0, 0.1) is 0 Å². The standard InChI is InChI=1S/C20H17ClN2O4/c1-13(24)22-15-5-7-16(8-6-15)23-20(25)19-10-9-18(27-19)12-26-17-4-2-3-14(21)11-17/h2-11H,12H2,1H3,(H,22,24)(H,23,25). The van der Waals surface area contributed by atoms with Gasteiger partial charge in [0.25, 0.3) is 5.91 Å². The van der Waals surface area contributed by atoms with Gasteiger partial charge in [-0.3, -0.25) is 9.59 Å². The maximum absolute atomic E-state index is 12.3. The highest BCUT2D eigenvalue weighted by molar-refractivity contribution is 6.30. The molecule has 2 aromatic carbocycles. The number of anilines is 2. The zero-order chi connectivity index (χ0) is 19.2. The second kappa shape index (κ2) is 8.42. The summed E-state index contributed by atoms with van der Waals surface area (Å²) in [6, 6.07) is 17.1. The van der Waals surface area contributed by atoms with Crippen molar-refractivity contribution in [2.24, 2.45) is 0 Å². The van der Waals surface area contributed by atoms with Crippen molar-refractivity contribution in [3.05, 3.63) is 77.2 Å². The van der Waals surface area contributed by atoms with E-state index in [1.54, 1.807) is 60.7 Å². The first-order chi connectivity index (χ1) is 13.0. The third-order valence-electron chi connectivity index (χ3n) is 3.53. The lowest BCUT2D eigenvalue weighted by atomic mass is 10.2. The molecule has 0 saturated carbocycles. The first-order valence-corrected chi connectivity index (χ1v) is 8.53. The van der Waals surface area contributed by atoms with E-state index in [1.165, 1.54) is 6.92 Å². The Morgan fingerprint density at radius 2 is 1.70 bits per heavy atom. The average Bonchev–Trinajstić information content (AvgIpc) is 3.10. The Labute approximate surface area is 161 Å².